The molecule has 0 saturated heterocycles. The molecule has 0 fully saturated rings. The molecule has 0 atom stereocenters. The van der Waals surface area contributed by atoms with E-state index in [-0.39, 0.29) is 5.75 Å². The van der Waals surface area contributed by atoms with Crippen molar-refractivity contribution in [1.82, 2.24) is 19.6 Å². The van der Waals surface area contributed by atoms with E-state index in [0.29, 0.717) is 0 Å². The van der Waals surface area contributed by atoms with Crippen LogP contribution in [0.3, 0.4) is 0 Å². The van der Waals surface area contributed by atoms with E-state index in [1.54, 1.807) is 22.8 Å². The molecule has 5 aromatic rings. The zero-order chi connectivity index (χ0) is 19.5. The van der Waals surface area contributed by atoms with Crippen LogP contribution >= 0.6 is 0 Å². The maximum Gasteiger partial charge on any atom is 0.162 e. The van der Waals surface area contributed by atoms with Crippen molar-refractivity contribution >= 4 is 16.6 Å². The molecule has 1 N–H and O–H groups in total. The smallest absolute Gasteiger partial charge is 0.162 e. The van der Waals surface area contributed by atoms with Gasteiger partial charge in [-0.25, -0.2) is 9.50 Å². The average molecular weight is 368 g/mol. The van der Waals surface area contributed by atoms with Gasteiger partial charge in [-0.2, -0.15) is 5.10 Å². The highest BCUT2D eigenvalue weighted by molar-refractivity contribution is 5.97. The van der Waals surface area contributed by atoms with Gasteiger partial charge in [-0.05, 0) is 35.4 Å². The summed E-state index contributed by atoms with van der Waals surface area (Å²) in [4.78, 5) is 9.07. The summed E-state index contributed by atoms with van der Waals surface area (Å²) < 4.78 is 1.78. The number of phenolic OH excluding ortho intramolecular Hbond substituents is 1. The number of rotatable bonds is 2. The molecular formula is C23H20N4O. The highest BCUT2D eigenvalue weighted by atomic mass is 16.3. The van der Waals surface area contributed by atoms with Crippen molar-refractivity contribution in [2.24, 2.45) is 0 Å². The summed E-state index contributed by atoms with van der Waals surface area (Å²) in [7, 11) is 0. The molecule has 28 heavy (non-hydrogen) atoms. The molecule has 3 aromatic heterocycles. The molecule has 0 unspecified atom stereocenters. The predicted octanol–water partition coefficient (Wildman–Crippen LogP) is 5.34. The molecule has 5 rings (SSSR count). The van der Waals surface area contributed by atoms with E-state index in [4.69, 9.17) is 0 Å². The van der Waals surface area contributed by atoms with Crippen LogP contribution < -0.4 is 0 Å². The van der Waals surface area contributed by atoms with Gasteiger partial charge in [0.05, 0.1) is 11.7 Å². The molecule has 5 heteroatoms. The Labute approximate surface area is 163 Å². The minimum absolute atomic E-state index is 0.244. The fraction of sp³-hybridized carbons (Fsp3) is 0.0870. The Morgan fingerprint density at radius 3 is 2.43 bits per heavy atom. The first-order valence-electron chi connectivity index (χ1n) is 9.26. The maximum atomic E-state index is 9.45. The number of pyridine rings is 1. The molecule has 3 heterocycles. The van der Waals surface area contributed by atoms with Gasteiger partial charge in [0.2, 0.25) is 0 Å². The highest BCUT2D eigenvalue weighted by Gasteiger charge is 2.12. The SMILES string of the molecule is CC.Oc1ccc(-c2cnc3c(-c4cccc5ncccc45)cnn3c2)cc1. The fourth-order valence-electron chi connectivity index (χ4n) is 3.21. The van der Waals surface area contributed by atoms with E-state index in [1.165, 1.54) is 0 Å². The molecule has 0 amide bonds. The lowest BCUT2D eigenvalue weighted by Crippen LogP contribution is -1.92. The van der Waals surface area contributed by atoms with Gasteiger partial charge in [0.1, 0.15) is 5.75 Å². The van der Waals surface area contributed by atoms with Gasteiger partial charge in [-0.3, -0.25) is 4.98 Å². The molecule has 2 aromatic carbocycles. The second-order valence-corrected chi connectivity index (χ2v) is 6.09. The normalized spacial score (nSPS) is 10.6. The van der Waals surface area contributed by atoms with E-state index >= 15 is 0 Å². The molecular weight excluding hydrogens is 348 g/mol. The lowest BCUT2D eigenvalue weighted by atomic mass is 10.0. The third kappa shape index (κ3) is 3.07. The van der Waals surface area contributed by atoms with Gasteiger partial charge in [0.15, 0.2) is 5.65 Å². The Bertz CT molecular complexity index is 1240. The lowest BCUT2D eigenvalue weighted by molar-refractivity contribution is 0.475. The Kier molecular flexibility index (Phi) is 4.72. The third-order valence-corrected chi connectivity index (χ3v) is 4.49. The number of hydrogen-bond donors (Lipinski definition) is 1. The van der Waals surface area contributed by atoms with Crippen LogP contribution in [0.5, 0.6) is 5.75 Å². The molecule has 138 valence electrons. The van der Waals surface area contributed by atoms with Crippen molar-refractivity contribution in [3.8, 4) is 28.0 Å². The first kappa shape index (κ1) is 17.7. The number of aromatic hydroxyl groups is 1. The molecule has 0 saturated carbocycles. The number of aromatic nitrogens is 4. The second-order valence-electron chi connectivity index (χ2n) is 6.09. The number of phenols is 1. The summed E-state index contributed by atoms with van der Waals surface area (Å²) >= 11 is 0. The predicted molar refractivity (Wildman–Crippen MR) is 112 cm³/mol. The number of nitrogens with zero attached hydrogens (tertiary/aromatic N) is 4. The molecule has 0 aliphatic rings. The Morgan fingerprint density at radius 2 is 1.61 bits per heavy atom. The largest absolute Gasteiger partial charge is 0.508 e. The maximum absolute atomic E-state index is 9.45. The van der Waals surface area contributed by atoms with Crippen LogP contribution in [0.25, 0.3) is 38.8 Å². The quantitative estimate of drug-likeness (QED) is 0.457. The van der Waals surface area contributed by atoms with Gasteiger partial charge in [0.25, 0.3) is 0 Å². The molecule has 0 bridgehead atoms. The first-order chi connectivity index (χ1) is 13.8. The van der Waals surface area contributed by atoms with Gasteiger partial charge in [-0.15, -0.1) is 0 Å². The molecule has 0 aliphatic heterocycles. The van der Waals surface area contributed by atoms with Crippen molar-refractivity contribution in [3.05, 3.63) is 79.4 Å². The van der Waals surface area contributed by atoms with E-state index in [2.05, 4.69) is 27.2 Å². The number of benzene rings is 2. The second kappa shape index (κ2) is 7.48. The van der Waals surface area contributed by atoms with Crippen LogP contribution in [0.4, 0.5) is 0 Å². The van der Waals surface area contributed by atoms with Crippen molar-refractivity contribution < 1.29 is 5.11 Å². The summed E-state index contributed by atoms with van der Waals surface area (Å²) in [6, 6.07) is 17.1. The first-order valence-corrected chi connectivity index (χ1v) is 9.26. The minimum atomic E-state index is 0.244. The van der Waals surface area contributed by atoms with Crippen LogP contribution in [0, 0.1) is 0 Å². The van der Waals surface area contributed by atoms with Crippen LogP contribution in [-0.2, 0) is 0 Å². The van der Waals surface area contributed by atoms with E-state index < -0.39 is 0 Å². The summed E-state index contributed by atoms with van der Waals surface area (Å²) in [5.41, 5.74) is 5.70. The van der Waals surface area contributed by atoms with Crippen LogP contribution in [0.2, 0.25) is 0 Å². The standard InChI is InChI=1S/C21H14N4O.C2H6/c26-16-8-6-14(7-9-16)15-11-23-21-19(12-24-25(21)13-15)17-3-1-5-20-18(17)4-2-10-22-20;1-2/h1-13,26H;1-2H3. The molecule has 0 spiro atoms. The average Bonchev–Trinajstić information content (AvgIpc) is 3.18. The van der Waals surface area contributed by atoms with Gasteiger partial charge < -0.3 is 5.11 Å². The van der Waals surface area contributed by atoms with Crippen molar-refractivity contribution in [3.63, 3.8) is 0 Å². The minimum Gasteiger partial charge on any atom is -0.508 e. The van der Waals surface area contributed by atoms with Crippen LogP contribution in [0.15, 0.2) is 79.4 Å². The summed E-state index contributed by atoms with van der Waals surface area (Å²) in [6.45, 7) is 4.00. The van der Waals surface area contributed by atoms with E-state index in [0.717, 1.165) is 38.8 Å². The zero-order valence-electron chi connectivity index (χ0n) is 15.7. The molecule has 5 nitrogen and oxygen atoms in total. The molecule has 0 radical (unpaired) electrons. The van der Waals surface area contributed by atoms with E-state index in [1.807, 2.05) is 62.8 Å². The number of hydrogen-bond acceptors (Lipinski definition) is 4. The number of fused-ring (bicyclic) bond motifs is 2. The molecule has 0 aliphatic carbocycles. The lowest BCUT2D eigenvalue weighted by Gasteiger charge is -2.05. The van der Waals surface area contributed by atoms with Crippen LogP contribution in [-0.4, -0.2) is 24.7 Å². The van der Waals surface area contributed by atoms with Gasteiger partial charge in [0, 0.05) is 35.1 Å². The summed E-state index contributed by atoms with van der Waals surface area (Å²) in [6.07, 6.45) is 7.41. The monoisotopic (exact) mass is 368 g/mol. The highest BCUT2D eigenvalue weighted by Crippen LogP contribution is 2.31. The Morgan fingerprint density at radius 1 is 0.786 bits per heavy atom. The topological polar surface area (TPSA) is 63.3 Å². The zero-order valence-corrected chi connectivity index (χ0v) is 15.7. The van der Waals surface area contributed by atoms with Crippen molar-refractivity contribution in [2.45, 2.75) is 13.8 Å². The van der Waals surface area contributed by atoms with Crippen molar-refractivity contribution in [2.75, 3.05) is 0 Å². The van der Waals surface area contributed by atoms with Crippen molar-refractivity contribution in [1.29, 1.82) is 0 Å². The third-order valence-electron chi connectivity index (χ3n) is 4.49. The fourth-order valence-corrected chi connectivity index (χ4v) is 3.21. The Balaban J connectivity index is 0.000000932. The summed E-state index contributed by atoms with van der Waals surface area (Å²) in [5, 5.41) is 15.0. The van der Waals surface area contributed by atoms with E-state index in [9.17, 15) is 5.11 Å². The Hall–Kier alpha value is -3.73. The van der Waals surface area contributed by atoms with Gasteiger partial charge in [-0.1, -0.05) is 44.2 Å². The van der Waals surface area contributed by atoms with Crippen LogP contribution in [0.1, 0.15) is 13.8 Å². The summed E-state index contributed by atoms with van der Waals surface area (Å²) in [5.74, 6) is 0.244. The van der Waals surface area contributed by atoms with Gasteiger partial charge >= 0.3 is 0 Å².